The summed E-state index contributed by atoms with van der Waals surface area (Å²) in [5, 5.41) is 0. The number of rotatable bonds is 8. The van der Waals surface area contributed by atoms with Crippen molar-refractivity contribution in [1.29, 1.82) is 0 Å². The summed E-state index contributed by atoms with van der Waals surface area (Å²) in [7, 11) is 2.19. The van der Waals surface area contributed by atoms with Crippen LogP contribution < -0.4 is 9.80 Å². The number of piperidine rings is 1. The number of thiophene rings is 1. The molecule has 39 heavy (non-hydrogen) atoms. The van der Waals surface area contributed by atoms with Crippen molar-refractivity contribution in [2.24, 2.45) is 17.8 Å². The highest BCUT2D eigenvalue weighted by molar-refractivity contribution is 7.18. The molecule has 2 aliphatic rings. The summed E-state index contributed by atoms with van der Waals surface area (Å²) in [6.45, 7) is 9.24. The van der Waals surface area contributed by atoms with Gasteiger partial charge in [-0.1, -0.05) is 51.1 Å². The molecule has 1 amide bonds. The fourth-order valence-corrected chi connectivity index (χ4v) is 6.57. The van der Waals surface area contributed by atoms with E-state index in [0.717, 1.165) is 62.1 Å². The van der Waals surface area contributed by atoms with Gasteiger partial charge < -0.3 is 19.3 Å². The van der Waals surface area contributed by atoms with Gasteiger partial charge >= 0.3 is 11.9 Å². The summed E-state index contributed by atoms with van der Waals surface area (Å²) in [5.74, 6) is -0.606. The lowest BCUT2D eigenvalue weighted by Crippen LogP contribution is -3.10. The molecule has 0 spiro atoms. The Morgan fingerprint density at radius 3 is 2.21 bits per heavy atom. The third kappa shape index (κ3) is 7.28. The Morgan fingerprint density at radius 2 is 1.59 bits per heavy atom. The summed E-state index contributed by atoms with van der Waals surface area (Å²) in [4.78, 5) is 44.6. The Kier molecular flexibility index (Phi) is 9.83. The highest BCUT2D eigenvalue weighted by Crippen LogP contribution is 2.41. The van der Waals surface area contributed by atoms with E-state index in [1.165, 1.54) is 16.2 Å². The molecule has 1 saturated carbocycles. The molecule has 212 valence electrons. The lowest BCUT2D eigenvalue weighted by molar-refractivity contribution is -0.884. The first-order chi connectivity index (χ1) is 18.6. The van der Waals surface area contributed by atoms with Crippen molar-refractivity contribution < 1.29 is 28.8 Å². The van der Waals surface area contributed by atoms with Gasteiger partial charge in [-0.3, -0.25) is 9.59 Å². The number of anilines is 1. The van der Waals surface area contributed by atoms with Crippen molar-refractivity contribution in [2.45, 2.75) is 78.6 Å². The van der Waals surface area contributed by atoms with Gasteiger partial charge in [-0.25, -0.2) is 4.79 Å². The van der Waals surface area contributed by atoms with E-state index in [9.17, 15) is 14.4 Å². The number of hydrogen-bond donors (Lipinski definition) is 1. The van der Waals surface area contributed by atoms with Crippen LogP contribution >= 0.6 is 11.3 Å². The quantitative estimate of drug-likeness (QED) is 0.368. The van der Waals surface area contributed by atoms with Crippen LogP contribution in [0.2, 0.25) is 0 Å². The maximum atomic E-state index is 14.3. The van der Waals surface area contributed by atoms with Crippen molar-refractivity contribution in [2.75, 3.05) is 25.0 Å². The molecule has 1 aromatic carbocycles. The first-order valence-electron chi connectivity index (χ1n) is 14.4. The Hall–Kier alpha value is -2.71. The number of carbonyl (C=O) groups is 3. The van der Waals surface area contributed by atoms with Crippen molar-refractivity contribution in [3.05, 3.63) is 41.3 Å². The second kappa shape index (κ2) is 13.1. The van der Waals surface area contributed by atoms with Crippen LogP contribution in [0.15, 0.2) is 36.4 Å². The molecule has 1 aliphatic carbocycles. The lowest BCUT2D eigenvalue weighted by atomic mass is 9.82. The van der Waals surface area contributed by atoms with Gasteiger partial charge in [0.15, 0.2) is 0 Å². The third-order valence-corrected chi connectivity index (χ3v) is 9.17. The molecule has 0 radical (unpaired) electrons. The first-order valence-corrected chi connectivity index (χ1v) is 15.2. The lowest BCUT2D eigenvalue weighted by Gasteiger charge is -2.38. The summed E-state index contributed by atoms with van der Waals surface area (Å²) < 4.78 is 10.9. The molecular formula is C31H43N2O5S+. The van der Waals surface area contributed by atoms with Gasteiger partial charge in [0.25, 0.3) is 0 Å². The Balaban J connectivity index is 1.71. The topological polar surface area (TPSA) is 77.3 Å². The number of likely N-dealkylation sites (tertiary alicyclic amines) is 1. The number of carbonyl (C=O) groups excluding carboxylic acids is 3. The second-order valence-electron chi connectivity index (χ2n) is 11.6. The van der Waals surface area contributed by atoms with Crippen LogP contribution in [0.1, 0.15) is 75.9 Å². The Bertz CT molecular complexity index is 1130. The van der Waals surface area contributed by atoms with Gasteiger partial charge in [0, 0.05) is 36.6 Å². The molecule has 1 N–H and O–H groups in total. The first kappa shape index (κ1) is 29.3. The molecule has 1 saturated heterocycles. The van der Waals surface area contributed by atoms with Crippen LogP contribution in [0.3, 0.4) is 0 Å². The van der Waals surface area contributed by atoms with E-state index in [4.69, 9.17) is 9.47 Å². The van der Waals surface area contributed by atoms with Gasteiger partial charge in [0.1, 0.15) is 4.88 Å². The maximum absolute atomic E-state index is 14.3. The average Bonchev–Trinajstić information content (AvgIpc) is 3.36. The SMILES string of the molecule is CC1CCC(C(=O)N(c2cc(-c3ccccc3)sc2C(=O)OC(C)OC(=O)C(C)C)C2CC[NH+](C)CC2)CC1. The van der Waals surface area contributed by atoms with Crippen molar-refractivity contribution >= 4 is 34.9 Å². The molecule has 8 heteroatoms. The zero-order valence-corrected chi connectivity index (χ0v) is 24.7. The normalized spacial score (nSPS) is 24.2. The number of hydrogen-bond acceptors (Lipinski definition) is 6. The van der Waals surface area contributed by atoms with Crippen LogP contribution in [-0.2, 0) is 19.1 Å². The van der Waals surface area contributed by atoms with E-state index < -0.39 is 18.2 Å². The highest BCUT2D eigenvalue weighted by Gasteiger charge is 2.38. The zero-order chi connectivity index (χ0) is 28.1. The third-order valence-electron chi connectivity index (χ3n) is 8.02. The van der Waals surface area contributed by atoms with Crippen LogP contribution in [0.25, 0.3) is 10.4 Å². The number of quaternary nitrogens is 1. The van der Waals surface area contributed by atoms with Crippen LogP contribution in [0.5, 0.6) is 0 Å². The molecule has 1 aromatic heterocycles. The monoisotopic (exact) mass is 555 g/mol. The van der Waals surface area contributed by atoms with E-state index >= 15 is 0 Å². The molecule has 0 bridgehead atoms. The highest BCUT2D eigenvalue weighted by atomic mass is 32.1. The minimum Gasteiger partial charge on any atom is -0.425 e. The second-order valence-corrected chi connectivity index (χ2v) is 12.7. The van der Waals surface area contributed by atoms with Gasteiger partial charge in [0.2, 0.25) is 12.2 Å². The average molecular weight is 556 g/mol. The van der Waals surface area contributed by atoms with E-state index in [1.54, 1.807) is 20.8 Å². The summed E-state index contributed by atoms with van der Waals surface area (Å²) in [6, 6.07) is 11.9. The van der Waals surface area contributed by atoms with Gasteiger partial charge in [-0.2, -0.15) is 0 Å². The summed E-state index contributed by atoms with van der Waals surface area (Å²) in [5.41, 5.74) is 1.60. The van der Waals surface area contributed by atoms with Crippen molar-refractivity contribution in [3.8, 4) is 10.4 Å². The molecule has 4 rings (SSSR count). The van der Waals surface area contributed by atoms with E-state index in [0.29, 0.717) is 16.5 Å². The smallest absolute Gasteiger partial charge is 0.353 e. The molecule has 1 atom stereocenters. The van der Waals surface area contributed by atoms with Crippen molar-refractivity contribution in [1.82, 2.24) is 0 Å². The van der Waals surface area contributed by atoms with Crippen LogP contribution in [-0.4, -0.2) is 50.3 Å². The zero-order valence-electron chi connectivity index (χ0n) is 23.9. The Morgan fingerprint density at radius 1 is 0.949 bits per heavy atom. The molecule has 2 aromatic rings. The van der Waals surface area contributed by atoms with Gasteiger partial charge in [-0.05, 0) is 43.2 Å². The number of nitrogens with zero attached hydrogens (tertiary/aromatic N) is 1. The minimum atomic E-state index is -1.03. The largest absolute Gasteiger partial charge is 0.425 e. The Labute approximate surface area is 236 Å². The van der Waals surface area contributed by atoms with Crippen LogP contribution in [0, 0.1) is 17.8 Å². The maximum Gasteiger partial charge on any atom is 0.353 e. The predicted molar refractivity (Wildman–Crippen MR) is 154 cm³/mol. The number of amides is 1. The number of ether oxygens (including phenoxy) is 2. The molecule has 7 nitrogen and oxygen atoms in total. The summed E-state index contributed by atoms with van der Waals surface area (Å²) >= 11 is 1.33. The molecule has 2 heterocycles. The minimum absolute atomic E-state index is 0.0292. The fraction of sp³-hybridized carbons (Fsp3) is 0.581. The summed E-state index contributed by atoms with van der Waals surface area (Å²) in [6.07, 6.45) is 4.60. The van der Waals surface area contributed by atoms with Crippen molar-refractivity contribution in [3.63, 3.8) is 0 Å². The predicted octanol–water partition coefficient (Wildman–Crippen LogP) is 4.95. The standard InChI is InChI=1S/C31H42N2O5S/c1-20(2)30(35)37-22(4)38-31(36)28-26(19-27(39-28)23-9-7-6-8-10-23)33(25-15-17-32(5)18-16-25)29(34)24-13-11-21(3)12-14-24/h6-10,19-22,24-25H,11-18H2,1-5H3/p+1. The molecule has 1 aliphatic heterocycles. The number of nitrogens with one attached hydrogen (secondary N) is 1. The van der Waals surface area contributed by atoms with E-state index in [1.807, 2.05) is 41.3 Å². The van der Waals surface area contributed by atoms with Crippen LogP contribution in [0.4, 0.5) is 5.69 Å². The molecular weight excluding hydrogens is 512 g/mol. The fourth-order valence-electron chi connectivity index (χ4n) is 5.53. The van der Waals surface area contributed by atoms with Gasteiger partial charge in [0.05, 0.1) is 31.7 Å². The van der Waals surface area contributed by atoms with E-state index in [-0.39, 0.29) is 23.8 Å². The molecule has 1 unspecified atom stereocenters. The molecule has 2 fully saturated rings. The van der Waals surface area contributed by atoms with Gasteiger partial charge in [-0.15, -0.1) is 11.3 Å². The number of esters is 2. The van der Waals surface area contributed by atoms with E-state index in [2.05, 4.69) is 14.0 Å². The number of benzene rings is 1.